The van der Waals surface area contributed by atoms with E-state index in [9.17, 15) is 9.59 Å². The lowest BCUT2D eigenvalue weighted by atomic mass is 10.0. The Morgan fingerprint density at radius 2 is 1.37 bits per heavy atom. The Hall–Kier alpha value is -1.14. The largest absolute Gasteiger partial charge is 0.466 e. The molecule has 0 heterocycles. The van der Waals surface area contributed by atoms with Crippen LogP contribution in [0.5, 0.6) is 0 Å². The van der Waals surface area contributed by atoms with Crippen LogP contribution in [0.4, 0.5) is 0 Å². The van der Waals surface area contributed by atoms with E-state index in [1.807, 2.05) is 13.8 Å². The molecule has 208 valence electrons. The predicted octanol–water partition coefficient (Wildman–Crippen LogP) is 7.15. The first-order chi connectivity index (χ1) is 16.7. The van der Waals surface area contributed by atoms with Gasteiger partial charge in [0.25, 0.3) is 0 Å². The van der Waals surface area contributed by atoms with Crippen molar-refractivity contribution in [2.45, 2.75) is 149 Å². The van der Waals surface area contributed by atoms with E-state index in [-0.39, 0.29) is 18.5 Å². The molecule has 2 atom stereocenters. The topological polar surface area (TPSA) is 82.1 Å². The van der Waals surface area contributed by atoms with Crippen molar-refractivity contribution in [3.05, 3.63) is 0 Å². The smallest absolute Gasteiger partial charge is 0.306 e. The number of rotatable bonds is 24. The number of ether oxygens (including phenoxy) is 3. The second-order valence-electron chi connectivity index (χ2n) is 10.7. The average molecular weight is 501 g/mol. The molecule has 0 bridgehead atoms. The molecule has 0 saturated heterocycles. The third-order valence-electron chi connectivity index (χ3n) is 6.53. The minimum absolute atomic E-state index is 0.0842. The van der Waals surface area contributed by atoms with Crippen LogP contribution < -0.4 is 0 Å². The number of unbranched alkanes of at least 4 members (excludes halogenated alkanes) is 7. The molecule has 0 fully saturated rings. The Labute approximate surface area is 215 Å². The van der Waals surface area contributed by atoms with Crippen LogP contribution in [0.25, 0.3) is 0 Å². The molecule has 0 aromatic heterocycles. The summed E-state index contributed by atoms with van der Waals surface area (Å²) < 4.78 is 16.7. The quantitative estimate of drug-likeness (QED) is 0.112. The molecule has 35 heavy (non-hydrogen) atoms. The third-order valence-corrected chi connectivity index (χ3v) is 6.53. The van der Waals surface area contributed by atoms with Gasteiger partial charge in [-0.2, -0.15) is 0 Å². The predicted molar refractivity (Wildman–Crippen MR) is 142 cm³/mol. The molecule has 0 amide bonds. The number of hydrogen-bond donors (Lipinski definition) is 1. The number of hydrogen-bond acceptors (Lipinski definition) is 6. The van der Waals surface area contributed by atoms with E-state index in [1.165, 1.54) is 0 Å². The van der Waals surface area contributed by atoms with Crippen molar-refractivity contribution in [2.75, 3.05) is 19.8 Å². The number of aliphatic hydroxyl groups is 1. The zero-order valence-electron chi connectivity index (χ0n) is 23.6. The Balaban J connectivity index is 3.57. The molecule has 6 heteroatoms. The maximum absolute atomic E-state index is 12.1. The molecule has 0 spiro atoms. The van der Waals surface area contributed by atoms with Crippen LogP contribution in [0.3, 0.4) is 0 Å². The summed E-state index contributed by atoms with van der Waals surface area (Å²) in [5, 5.41) is 8.84. The van der Waals surface area contributed by atoms with Crippen LogP contribution in [-0.4, -0.2) is 48.6 Å². The highest BCUT2D eigenvalue weighted by molar-refractivity contribution is 5.69. The van der Waals surface area contributed by atoms with E-state index >= 15 is 0 Å². The van der Waals surface area contributed by atoms with Crippen molar-refractivity contribution in [1.29, 1.82) is 0 Å². The van der Waals surface area contributed by atoms with Gasteiger partial charge in [-0.25, -0.2) is 0 Å². The van der Waals surface area contributed by atoms with Crippen molar-refractivity contribution >= 4 is 11.9 Å². The van der Waals surface area contributed by atoms with Gasteiger partial charge in [0, 0.05) is 26.1 Å². The van der Waals surface area contributed by atoms with Gasteiger partial charge in [0.2, 0.25) is 0 Å². The van der Waals surface area contributed by atoms with E-state index in [1.54, 1.807) is 0 Å². The molecule has 0 aliphatic carbocycles. The number of aliphatic hydroxyl groups excluding tert-OH is 1. The summed E-state index contributed by atoms with van der Waals surface area (Å²) in [5.41, 5.74) is -0.429. The Morgan fingerprint density at radius 3 is 2.00 bits per heavy atom. The van der Waals surface area contributed by atoms with Crippen molar-refractivity contribution in [3.8, 4) is 0 Å². The van der Waals surface area contributed by atoms with Gasteiger partial charge in [0.15, 0.2) is 0 Å². The summed E-state index contributed by atoms with van der Waals surface area (Å²) in [7, 11) is 0. The molecular weight excluding hydrogens is 444 g/mol. The highest BCUT2D eigenvalue weighted by Gasteiger charge is 2.21. The van der Waals surface area contributed by atoms with Crippen LogP contribution in [0.2, 0.25) is 0 Å². The lowest BCUT2D eigenvalue weighted by Gasteiger charge is -2.25. The van der Waals surface area contributed by atoms with Crippen molar-refractivity contribution < 1.29 is 28.9 Å². The van der Waals surface area contributed by atoms with E-state index in [0.717, 1.165) is 96.5 Å². The number of carbonyl (C=O) groups is 2. The Kier molecular flexibility index (Phi) is 21.4. The molecule has 0 aromatic rings. The van der Waals surface area contributed by atoms with Crippen molar-refractivity contribution in [2.24, 2.45) is 5.92 Å². The summed E-state index contributed by atoms with van der Waals surface area (Å²) in [6, 6.07) is 0. The SMILES string of the molecule is CCC(C)OCCCC(C)CCOC(=O)CCCCCCCCC(=O)OC(C)(C)CCCCCO. The first-order valence-electron chi connectivity index (χ1n) is 14.3. The second kappa shape index (κ2) is 22.1. The fraction of sp³-hybridized carbons (Fsp3) is 0.931. The molecule has 2 unspecified atom stereocenters. The van der Waals surface area contributed by atoms with Crippen LogP contribution in [-0.2, 0) is 23.8 Å². The highest BCUT2D eigenvalue weighted by Crippen LogP contribution is 2.20. The highest BCUT2D eigenvalue weighted by atomic mass is 16.6. The van der Waals surface area contributed by atoms with Gasteiger partial charge in [0.05, 0.1) is 12.7 Å². The molecule has 0 aromatic carbocycles. The van der Waals surface area contributed by atoms with Crippen molar-refractivity contribution in [1.82, 2.24) is 0 Å². The fourth-order valence-electron chi connectivity index (χ4n) is 3.92. The second-order valence-corrected chi connectivity index (χ2v) is 10.7. The number of carbonyl (C=O) groups excluding carboxylic acids is 2. The van der Waals surface area contributed by atoms with Gasteiger partial charge in [0.1, 0.15) is 5.60 Å². The van der Waals surface area contributed by atoms with Crippen LogP contribution >= 0.6 is 0 Å². The minimum Gasteiger partial charge on any atom is -0.466 e. The zero-order valence-corrected chi connectivity index (χ0v) is 23.6. The van der Waals surface area contributed by atoms with E-state index < -0.39 is 5.60 Å². The summed E-state index contributed by atoms with van der Waals surface area (Å²) in [6.07, 6.45) is 14.9. The summed E-state index contributed by atoms with van der Waals surface area (Å²) in [4.78, 5) is 24.0. The van der Waals surface area contributed by atoms with Gasteiger partial charge in [-0.1, -0.05) is 46.0 Å². The Bertz CT molecular complexity index is 519. The van der Waals surface area contributed by atoms with Gasteiger partial charge < -0.3 is 19.3 Å². The van der Waals surface area contributed by atoms with E-state index in [4.69, 9.17) is 19.3 Å². The number of esters is 2. The van der Waals surface area contributed by atoms with Crippen LogP contribution in [0.15, 0.2) is 0 Å². The standard InChI is InChI=1S/C29H56O6/c1-6-26(3)33-23-16-17-25(2)20-24-34-27(31)18-12-9-7-8-10-13-19-28(32)35-29(4,5)21-14-11-15-22-30/h25-26,30H,6-24H2,1-5H3. The molecule has 0 radical (unpaired) electrons. The molecule has 0 aliphatic rings. The van der Waals surface area contributed by atoms with Gasteiger partial charge in [-0.15, -0.1) is 0 Å². The minimum atomic E-state index is -0.429. The molecule has 0 rings (SSSR count). The summed E-state index contributed by atoms with van der Waals surface area (Å²) in [6.45, 7) is 11.9. The van der Waals surface area contributed by atoms with E-state index in [2.05, 4.69) is 20.8 Å². The van der Waals surface area contributed by atoms with Gasteiger partial charge >= 0.3 is 11.9 Å². The zero-order chi connectivity index (χ0) is 26.4. The monoisotopic (exact) mass is 500 g/mol. The van der Waals surface area contributed by atoms with Gasteiger partial charge in [-0.3, -0.25) is 9.59 Å². The third kappa shape index (κ3) is 23.0. The lowest BCUT2D eigenvalue weighted by molar-refractivity contribution is -0.157. The average Bonchev–Trinajstić information content (AvgIpc) is 2.80. The fourth-order valence-corrected chi connectivity index (χ4v) is 3.92. The Morgan fingerprint density at radius 1 is 0.771 bits per heavy atom. The summed E-state index contributed by atoms with van der Waals surface area (Å²) >= 11 is 0. The summed E-state index contributed by atoms with van der Waals surface area (Å²) in [5.74, 6) is 0.344. The van der Waals surface area contributed by atoms with Crippen molar-refractivity contribution in [3.63, 3.8) is 0 Å². The molecule has 6 nitrogen and oxygen atoms in total. The van der Waals surface area contributed by atoms with Crippen LogP contribution in [0, 0.1) is 5.92 Å². The van der Waals surface area contributed by atoms with Crippen LogP contribution in [0.1, 0.15) is 137 Å². The molecular formula is C29H56O6. The first kappa shape index (κ1) is 33.9. The normalized spacial score (nSPS) is 13.4. The molecule has 0 aliphatic heterocycles. The maximum atomic E-state index is 12.1. The maximum Gasteiger partial charge on any atom is 0.306 e. The first-order valence-corrected chi connectivity index (χ1v) is 14.3. The van der Waals surface area contributed by atoms with Gasteiger partial charge in [-0.05, 0) is 84.5 Å². The molecule has 0 saturated carbocycles. The van der Waals surface area contributed by atoms with E-state index in [0.29, 0.717) is 31.5 Å². The lowest BCUT2D eigenvalue weighted by Crippen LogP contribution is -2.27. The molecule has 1 N–H and O–H groups in total.